The average molecular weight is 290 g/mol. The fourth-order valence-corrected chi connectivity index (χ4v) is 3.19. The summed E-state index contributed by atoms with van der Waals surface area (Å²) in [6.07, 6.45) is 3.83. The fourth-order valence-electron chi connectivity index (χ4n) is 3.03. The second-order valence-corrected chi connectivity index (χ2v) is 6.17. The van der Waals surface area contributed by atoms with Gasteiger partial charge in [-0.05, 0) is 44.7 Å². The van der Waals surface area contributed by atoms with Gasteiger partial charge < -0.3 is 10.6 Å². The van der Waals surface area contributed by atoms with Gasteiger partial charge in [0.15, 0.2) is 0 Å². The topological polar surface area (TPSA) is 46.3 Å². The first-order valence-corrected chi connectivity index (χ1v) is 7.60. The van der Waals surface area contributed by atoms with Gasteiger partial charge in [0, 0.05) is 24.1 Å². The lowest BCUT2D eigenvalue weighted by Crippen LogP contribution is -2.47. The highest BCUT2D eigenvalue weighted by Gasteiger charge is 2.30. The molecule has 3 nitrogen and oxygen atoms in total. The van der Waals surface area contributed by atoms with Gasteiger partial charge in [-0.3, -0.25) is 4.79 Å². The van der Waals surface area contributed by atoms with E-state index in [9.17, 15) is 4.79 Å². The van der Waals surface area contributed by atoms with Crippen LogP contribution in [-0.4, -0.2) is 27.9 Å². The Kier molecular flexibility index (Phi) is 4.76. The highest BCUT2D eigenvalue weighted by atomic mass is 32.1. The Balaban J connectivity index is 2.30. The first-order valence-electron chi connectivity index (χ1n) is 7.19. The van der Waals surface area contributed by atoms with Crippen LogP contribution in [0.5, 0.6) is 0 Å². The van der Waals surface area contributed by atoms with Crippen LogP contribution < -0.4 is 5.73 Å². The SMILES string of the molecule is CC1CCCC(C)N1C(=O)c1ccccc1CC(N)=S. The van der Waals surface area contributed by atoms with E-state index in [1.54, 1.807) is 0 Å². The number of amides is 1. The maximum absolute atomic E-state index is 12.9. The van der Waals surface area contributed by atoms with Gasteiger partial charge in [0.1, 0.15) is 0 Å². The van der Waals surface area contributed by atoms with Crippen LogP contribution in [0.1, 0.15) is 49.0 Å². The molecule has 4 heteroatoms. The van der Waals surface area contributed by atoms with Crippen molar-refractivity contribution in [2.75, 3.05) is 0 Å². The van der Waals surface area contributed by atoms with Gasteiger partial charge in [-0.2, -0.15) is 0 Å². The monoisotopic (exact) mass is 290 g/mol. The molecule has 1 aromatic carbocycles. The molecule has 2 rings (SSSR count). The minimum absolute atomic E-state index is 0.108. The molecule has 1 aromatic rings. The van der Waals surface area contributed by atoms with Crippen LogP contribution in [-0.2, 0) is 6.42 Å². The van der Waals surface area contributed by atoms with Crippen molar-refractivity contribution in [3.05, 3.63) is 35.4 Å². The van der Waals surface area contributed by atoms with Crippen LogP contribution >= 0.6 is 12.2 Å². The number of piperidine rings is 1. The lowest BCUT2D eigenvalue weighted by atomic mass is 9.95. The van der Waals surface area contributed by atoms with Crippen molar-refractivity contribution in [3.63, 3.8) is 0 Å². The van der Waals surface area contributed by atoms with Crippen molar-refractivity contribution < 1.29 is 4.79 Å². The van der Waals surface area contributed by atoms with Crippen molar-refractivity contribution >= 4 is 23.1 Å². The summed E-state index contributed by atoms with van der Waals surface area (Å²) < 4.78 is 0. The van der Waals surface area contributed by atoms with Gasteiger partial charge in [-0.15, -0.1) is 0 Å². The Bertz CT molecular complexity index is 505. The van der Waals surface area contributed by atoms with E-state index in [0.717, 1.165) is 24.0 Å². The Labute approximate surface area is 126 Å². The molecule has 1 fully saturated rings. The van der Waals surface area contributed by atoms with E-state index in [1.807, 2.05) is 29.2 Å². The second kappa shape index (κ2) is 6.35. The molecule has 1 heterocycles. The summed E-state index contributed by atoms with van der Waals surface area (Å²) in [6, 6.07) is 8.23. The Hall–Kier alpha value is -1.42. The third kappa shape index (κ3) is 3.18. The normalized spacial score (nSPS) is 22.6. The second-order valence-electron chi connectivity index (χ2n) is 5.64. The number of rotatable bonds is 3. The van der Waals surface area contributed by atoms with E-state index in [1.165, 1.54) is 6.42 Å². The quantitative estimate of drug-likeness (QED) is 0.871. The molecule has 1 aliphatic heterocycles. The molecule has 0 saturated carbocycles. The third-order valence-electron chi connectivity index (χ3n) is 4.04. The molecule has 0 aliphatic carbocycles. The summed E-state index contributed by atoms with van der Waals surface area (Å²) in [5.41, 5.74) is 7.30. The summed E-state index contributed by atoms with van der Waals surface area (Å²) in [6.45, 7) is 4.26. The van der Waals surface area contributed by atoms with Crippen LogP contribution in [0.2, 0.25) is 0 Å². The Morgan fingerprint density at radius 3 is 2.50 bits per heavy atom. The highest BCUT2D eigenvalue weighted by Crippen LogP contribution is 2.25. The maximum Gasteiger partial charge on any atom is 0.254 e. The van der Waals surface area contributed by atoms with Crippen LogP contribution in [0.15, 0.2) is 24.3 Å². The van der Waals surface area contributed by atoms with E-state index in [4.69, 9.17) is 18.0 Å². The molecule has 108 valence electrons. The molecule has 20 heavy (non-hydrogen) atoms. The molecule has 2 unspecified atom stereocenters. The van der Waals surface area contributed by atoms with Crippen LogP contribution in [0.25, 0.3) is 0 Å². The summed E-state index contributed by atoms with van der Waals surface area (Å²) in [7, 11) is 0. The van der Waals surface area contributed by atoms with Gasteiger partial charge >= 0.3 is 0 Å². The number of likely N-dealkylation sites (tertiary alicyclic amines) is 1. The van der Waals surface area contributed by atoms with Crippen molar-refractivity contribution in [2.45, 2.75) is 51.6 Å². The summed E-state index contributed by atoms with van der Waals surface area (Å²) in [5, 5.41) is 0. The standard InChI is InChI=1S/C16H22N2OS/c1-11-6-5-7-12(2)18(11)16(19)14-9-4-3-8-13(14)10-15(17)20/h3-4,8-9,11-12H,5-7,10H2,1-2H3,(H2,17,20). The Morgan fingerprint density at radius 2 is 1.90 bits per heavy atom. The zero-order chi connectivity index (χ0) is 14.7. The third-order valence-corrected chi connectivity index (χ3v) is 4.18. The molecule has 0 bridgehead atoms. The molecule has 1 saturated heterocycles. The van der Waals surface area contributed by atoms with Crippen LogP contribution in [0.4, 0.5) is 0 Å². The van der Waals surface area contributed by atoms with E-state index in [0.29, 0.717) is 23.5 Å². The summed E-state index contributed by atoms with van der Waals surface area (Å²) in [5.74, 6) is 0.108. The largest absolute Gasteiger partial charge is 0.393 e. The van der Waals surface area contributed by atoms with E-state index in [-0.39, 0.29) is 5.91 Å². The predicted octanol–water partition coefficient (Wildman–Crippen LogP) is 2.92. The number of thiocarbonyl (C=S) groups is 1. The average Bonchev–Trinajstić information content (AvgIpc) is 2.38. The lowest BCUT2D eigenvalue weighted by molar-refractivity contribution is 0.0510. The van der Waals surface area contributed by atoms with Gasteiger partial charge in [0.2, 0.25) is 0 Å². The van der Waals surface area contributed by atoms with Crippen molar-refractivity contribution in [1.82, 2.24) is 4.90 Å². The number of benzene rings is 1. The number of nitrogens with two attached hydrogens (primary N) is 1. The maximum atomic E-state index is 12.9. The predicted molar refractivity (Wildman–Crippen MR) is 85.9 cm³/mol. The van der Waals surface area contributed by atoms with Gasteiger partial charge in [-0.25, -0.2) is 0 Å². The lowest BCUT2D eigenvalue weighted by Gasteiger charge is -2.39. The number of carbonyl (C=O) groups excluding carboxylic acids is 1. The van der Waals surface area contributed by atoms with E-state index >= 15 is 0 Å². The van der Waals surface area contributed by atoms with Gasteiger partial charge in [0.05, 0.1) is 4.99 Å². The molecule has 0 spiro atoms. The molecule has 1 amide bonds. The highest BCUT2D eigenvalue weighted by molar-refractivity contribution is 7.80. The summed E-state index contributed by atoms with van der Waals surface area (Å²) in [4.78, 5) is 15.3. The van der Waals surface area contributed by atoms with Gasteiger partial charge in [0.25, 0.3) is 5.91 Å². The number of hydrogen-bond donors (Lipinski definition) is 1. The van der Waals surface area contributed by atoms with Crippen LogP contribution in [0.3, 0.4) is 0 Å². The first-order chi connectivity index (χ1) is 9.50. The zero-order valence-electron chi connectivity index (χ0n) is 12.1. The van der Waals surface area contributed by atoms with Crippen molar-refractivity contribution in [3.8, 4) is 0 Å². The van der Waals surface area contributed by atoms with Crippen LogP contribution in [0, 0.1) is 0 Å². The van der Waals surface area contributed by atoms with Crippen molar-refractivity contribution in [2.24, 2.45) is 5.73 Å². The molecule has 2 atom stereocenters. The number of carbonyl (C=O) groups is 1. The minimum atomic E-state index is 0.108. The zero-order valence-corrected chi connectivity index (χ0v) is 13.0. The molecule has 0 aromatic heterocycles. The van der Waals surface area contributed by atoms with Gasteiger partial charge in [-0.1, -0.05) is 30.4 Å². The molecule has 1 aliphatic rings. The van der Waals surface area contributed by atoms with Crippen molar-refractivity contribution in [1.29, 1.82) is 0 Å². The number of nitrogens with zero attached hydrogens (tertiary/aromatic N) is 1. The molecule has 0 radical (unpaired) electrons. The van der Waals surface area contributed by atoms with E-state index in [2.05, 4.69) is 13.8 Å². The minimum Gasteiger partial charge on any atom is -0.393 e. The Morgan fingerprint density at radius 1 is 1.30 bits per heavy atom. The molecule has 2 N–H and O–H groups in total. The fraction of sp³-hybridized carbons (Fsp3) is 0.500. The van der Waals surface area contributed by atoms with E-state index < -0.39 is 0 Å². The summed E-state index contributed by atoms with van der Waals surface area (Å²) >= 11 is 4.98. The first kappa shape index (κ1) is 15.0. The molecular weight excluding hydrogens is 268 g/mol. The molecular formula is C16H22N2OS. The number of hydrogen-bond acceptors (Lipinski definition) is 2. The smallest absolute Gasteiger partial charge is 0.254 e.